The maximum absolute atomic E-state index is 11.7. The van der Waals surface area contributed by atoms with Crippen LogP contribution in [0.15, 0.2) is 33.1 Å². The van der Waals surface area contributed by atoms with Crippen molar-refractivity contribution in [2.24, 2.45) is 21.5 Å². The van der Waals surface area contributed by atoms with E-state index in [2.05, 4.69) is 9.98 Å². The fraction of sp³-hybridized carbons (Fsp3) is 0.600. The van der Waals surface area contributed by atoms with E-state index in [1.807, 2.05) is 11.0 Å². The first-order valence-corrected chi connectivity index (χ1v) is 11.3. The molecule has 4 rings (SSSR count). The van der Waals surface area contributed by atoms with Crippen LogP contribution in [0.5, 0.6) is 0 Å². The summed E-state index contributed by atoms with van der Waals surface area (Å²) >= 11 is 1.74. The summed E-state index contributed by atoms with van der Waals surface area (Å²) in [6.07, 6.45) is 10.8. The third-order valence-electron chi connectivity index (χ3n) is 6.05. The van der Waals surface area contributed by atoms with Crippen LogP contribution in [0.3, 0.4) is 0 Å². The Hall–Kier alpha value is -2.29. The summed E-state index contributed by atoms with van der Waals surface area (Å²) in [5.41, 5.74) is 12.4. The van der Waals surface area contributed by atoms with Gasteiger partial charge in [-0.15, -0.1) is 11.8 Å². The molecule has 0 saturated heterocycles. The molecule has 1 aromatic carbocycles. The molecule has 3 aliphatic rings. The first kappa shape index (κ1) is 20.0. The second kappa shape index (κ2) is 8.22. The second-order valence-corrected chi connectivity index (χ2v) is 9.51. The molecule has 0 radical (unpaired) electrons. The molecule has 2 aliphatic carbocycles. The van der Waals surface area contributed by atoms with Gasteiger partial charge in [0.25, 0.3) is 5.69 Å². The minimum Gasteiger partial charge on any atom is -0.369 e. The maximum Gasteiger partial charge on any atom is 0.272 e. The Balaban J connectivity index is 1.73. The van der Waals surface area contributed by atoms with Gasteiger partial charge in [-0.3, -0.25) is 15.0 Å². The van der Waals surface area contributed by atoms with E-state index < -0.39 is 5.66 Å². The molecule has 2 fully saturated rings. The highest BCUT2D eigenvalue weighted by Gasteiger charge is 2.43. The first-order valence-electron chi connectivity index (χ1n) is 10.4. The van der Waals surface area contributed by atoms with Crippen LogP contribution < -0.4 is 16.4 Å². The van der Waals surface area contributed by atoms with Crippen molar-refractivity contribution in [1.29, 1.82) is 0 Å². The van der Waals surface area contributed by atoms with Crippen LogP contribution in [0.4, 0.5) is 11.4 Å². The SMILES string of the molecule is NC1=NC2(CCCCC2)N(c2cc(SC3CCCCC3)cc([N+](=O)[O-])c2)C(N)=N1. The molecular formula is C20H28N6O2S. The molecule has 0 bridgehead atoms. The summed E-state index contributed by atoms with van der Waals surface area (Å²) in [4.78, 5) is 23.0. The molecule has 1 aliphatic heterocycles. The highest BCUT2D eigenvalue weighted by molar-refractivity contribution is 8.00. The zero-order valence-corrected chi connectivity index (χ0v) is 17.4. The van der Waals surface area contributed by atoms with E-state index in [4.69, 9.17) is 11.5 Å². The van der Waals surface area contributed by atoms with Crippen molar-refractivity contribution in [3.63, 3.8) is 0 Å². The van der Waals surface area contributed by atoms with Crippen molar-refractivity contribution in [3.05, 3.63) is 28.3 Å². The lowest BCUT2D eigenvalue weighted by Gasteiger charge is -2.45. The fourth-order valence-corrected chi connectivity index (χ4v) is 6.07. The van der Waals surface area contributed by atoms with E-state index in [0.29, 0.717) is 10.9 Å². The van der Waals surface area contributed by atoms with Crippen molar-refractivity contribution < 1.29 is 4.92 Å². The lowest BCUT2D eigenvalue weighted by Crippen LogP contribution is -2.58. The molecule has 0 amide bonds. The van der Waals surface area contributed by atoms with E-state index >= 15 is 0 Å². The average molecular weight is 417 g/mol. The molecule has 9 heteroatoms. The zero-order valence-electron chi connectivity index (χ0n) is 16.5. The van der Waals surface area contributed by atoms with Crippen LogP contribution in [-0.4, -0.2) is 27.8 Å². The number of aliphatic imine (C=N–C) groups is 2. The summed E-state index contributed by atoms with van der Waals surface area (Å²) < 4.78 is 0. The van der Waals surface area contributed by atoms with Gasteiger partial charge >= 0.3 is 0 Å². The third-order valence-corrected chi connectivity index (χ3v) is 7.36. The molecule has 0 unspecified atom stereocenters. The van der Waals surface area contributed by atoms with Gasteiger partial charge in [-0.25, -0.2) is 4.99 Å². The van der Waals surface area contributed by atoms with Crippen LogP contribution in [-0.2, 0) is 0 Å². The smallest absolute Gasteiger partial charge is 0.272 e. The maximum atomic E-state index is 11.7. The topological polar surface area (TPSA) is 123 Å². The quantitative estimate of drug-likeness (QED) is 0.562. The number of nitro benzene ring substituents is 1. The Bertz CT molecular complexity index is 843. The van der Waals surface area contributed by atoms with Gasteiger partial charge in [-0.2, -0.15) is 4.99 Å². The summed E-state index contributed by atoms with van der Waals surface area (Å²) in [6, 6.07) is 5.26. The van der Waals surface area contributed by atoms with Crippen LogP contribution >= 0.6 is 11.8 Å². The highest BCUT2D eigenvalue weighted by atomic mass is 32.2. The average Bonchev–Trinajstić information content (AvgIpc) is 2.68. The van der Waals surface area contributed by atoms with Crippen LogP contribution in [0.1, 0.15) is 64.2 Å². The van der Waals surface area contributed by atoms with E-state index in [1.165, 1.54) is 19.3 Å². The van der Waals surface area contributed by atoms with Crippen molar-refractivity contribution in [2.45, 2.75) is 80.0 Å². The second-order valence-electron chi connectivity index (χ2n) is 8.14. The van der Waals surface area contributed by atoms with Crippen LogP contribution in [0, 0.1) is 10.1 Å². The van der Waals surface area contributed by atoms with Gasteiger partial charge in [0.1, 0.15) is 5.66 Å². The predicted molar refractivity (Wildman–Crippen MR) is 117 cm³/mol. The largest absolute Gasteiger partial charge is 0.369 e. The Morgan fingerprint density at radius 1 is 1.07 bits per heavy atom. The number of benzene rings is 1. The van der Waals surface area contributed by atoms with E-state index in [0.717, 1.165) is 49.8 Å². The number of nitrogens with two attached hydrogens (primary N) is 2. The summed E-state index contributed by atoms with van der Waals surface area (Å²) in [6.45, 7) is 0. The predicted octanol–water partition coefficient (Wildman–Crippen LogP) is 4.13. The molecule has 1 heterocycles. The third kappa shape index (κ3) is 4.19. The van der Waals surface area contributed by atoms with Gasteiger partial charge in [0.15, 0.2) is 0 Å². The molecule has 1 spiro atoms. The molecular weight excluding hydrogens is 388 g/mol. The number of non-ortho nitro benzene ring substituents is 1. The lowest BCUT2D eigenvalue weighted by atomic mass is 9.87. The van der Waals surface area contributed by atoms with E-state index in [-0.39, 0.29) is 22.5 Å². The molecule has 4 N–H and O–H groups in total. The van der Waals surface area contributed by atoms with Gasteiger partial charge in [0.05, 0.1) is 10.6 Å². The monoisotopic (exact) mass is 416 g/mol. The Morgan fingerprint density at radius 2 is 1.76 bits per heavy atom. The number of nitro groups is 1. The van der Waals surface area contributed by atoms with Gasteiger partial charge in [0, 0.05) is 22.3 Å². The Morgan fingerprint density at radius 3 is 2.45 bits per heavy atom. The van der Waals surface area contributed by atoms with Crippen molar-refractivity contribution >= 4 is 35.1 Å². The number of anilines is 1. The van der Waals surface area contributed by atoms with Crippen molar-refractivity contribution in [1.82, 2.24) is 0 Å². The fourth-order valence-electron chi connectivity index (χ4n) is 4.74. The number of thioether (sulfide) groups is 1. The molecule has 1 aromatic rings. The number of hydrogen-bond acceptors (Lipinski definition) is 8. The lowest BCUT2D eigenvalue weighted by molar-refractivity contribution is -0.385. The van der Waals surface area contributed by atoms with E-state index in [1.54, 1.807) is 23.9 Å². The first-order chi connectivity index (χ1) is 14.0. The molecule has 2 saturated carbocycles. The Labute approximate surface area is 175 Å². The van der Waals surface area contributed by atoms with Gasteiger partial charge in [-0.05, 0) is 44.6 Å². The van der Waals surface area contributed by atoms with E-state index in [9.17, 15) is 10.1 Å². The molecule has 156 valence electrons. The van der Waals surface area contributed by atoms with Gasteiger partial charge in [0.2, 0.25) is 11.9 Å². The van der Waals surface area contributed by atoms with Gasteiger partial charge in [-0.1, -0.05) is 25.7 Å². The van der Waals surface area contributed by atoms with Crippen LogP contribution in [0.25, 0.3) is 0 Å². The summed E-state index contributed by atoms with van der Waals surface area (Å²) in [5, 5.41) is 12.2. The minimum absolute atomic E-state index is 0.0714. The van der Waals surface area contributed by atoms with Crippen molar-refractivity contribution in [2.75, 3.05) is 4.90 Å². The molecule has 8 nitrogen and oxygen atoms in total. The number of guanidine groups is 2. The molecule has 0 aromatic heterocycles. The summed E-state index contributed by atoms with van der Waals surface area (Å²) in [5.74, 6) is 0.441. The molecule has 29 heavy (non-hydrogen) atoms. The number of nitrogens with zero attached hydrogens (tertiary/aromatic N) is 4. The normalized spacial score (nSPS) is 22.3. The highest BCUT2D eigenvalue weighted by Crippen LogP contribution is 2.43. The van der Waals surface area contributed by atoms with Gasteiger partial charge < -0.3 is 11.5 Å². The van der Waals surface area contributed by atoms with Crippen LogP contribution in [0.2, 0.25) is 0 Å². The summed E-state index contributed by atoms with van der Waals surface area (Å²) in [7, 11) is 0. The number of hydrogen-bond donors (Lipinski definition) is 2. The Kier molecular flexibility index (Phi) is 5.67. The number of rotatable bonds is 4. The minimum atomic E-state index is -0.601. The molecule has 0 atom stereocenters. The standard InChI is InChI=1S/C20H28N6O2S/c21-18-23-19(22)25(20(24-18)9-5-2-6-10-20)14-11-15(26(27)28)13-17(12-14)29-16-7-3-1-4-8-16/h11-13,16H,1-10H2,(H4,21,22,23,24). The zero-order chi connectivity index (χ0) is 20.4. The van der Waals surface area contributed by atoms with Crippen molar-refractivity contribution in [3.8, 4) is 0 Å².